The number of carboxylic acids is 1. The van der Waals surface area contributed by atoms with Crippen LogP contribution < -0.4 is 5.32 Å². The van der Waals surface area contributed by atoms with Crippen molar-refractivity contribution in [3.63, 3.8) is 0 Å². The van der Waals surface area contributed by atoms with E-state index in [2.05, 4.69) is 17.2 Å². The van der Waals surface area contributed by atoms with Crippen molar-refractivity contribution < 1.29 is 9.90 Å². The van der Waals surface area contributed by atoms with Gasteiger partial charge in [-0.15, -0.1) is 0 Å². The predicted octanol–water partition coefficient (Wildman–Crippen LogP) is 3.00. The molecule has 0 radical (unpaired) electrons. The highest BCUT2D eigenvalue weighted by molar-refractivity contribution is 5.94. The van der Waals surface area contributed by atoms with Gasteiger partial charge in [0.1, 0.15) is 11.4 Å². The number of nitrogens with one attached hydrogen (secondary N) is 1. The van der Waals surface area contributed by atoms with Gasteiger partial charge in [0.2, 0.25) is 0 Å². The summed E-state index contributed by atoms with van der Waals surface area (Å²) in [5.41, 5.74) is 1.93. The summed E-state index contributed by atoms with van der Waals surface area (Å²) in [6, 6.07) is 2.16. The fourth-order valence-corrected chi connectivity index (χ4v) is 2.74. The van der Waals surface area contributed by atoms with E-state index in [4.69, 9.17) is 0 Å². The number of carboxylic acid groups (broad SMARTS) is 1. The average molecular weight is 248 g/mol. The highest BCUT2D eigenvalue weighted by Crippen LogP contribution is 2.28. The second kappa shape index (κ2) is 4.96. The smallest absolute Gasteiger partial charge is 0.339 e. The summed E-state index contributed by atoms with van der Waals surface area (Å²) in [4.78, 5) is 15.7. The SMILES string of the molecule is Cc1cc(C)c(C(=O)O)c(NC2CCC(C)C2)n1. The summed E-state index contributed by atoms with van der Waals surface area (Å²) in [5, 5.41) is 12.6. The minimum Gasteiger partial charge on any atom is -0.478 e. The van der Waals surface area contributed by atoms with Crippen LogP contribution in [0.25, 0.3) is 0 Å². The van der Waals surface area contributed by atoms with E-state index in [1.165, 1.54) is 6.42 Å². The van der Waals surface area contributed by atoms with E-state index in [9.17, 15) is 9.90 Å². The quantitative estimate of drug-likeness (QED) is 0.863. The maximum atomic E-state index is 11.3. The fourth-order valence-electron chi connectivity index (χ4n) is 2.74. The van der Waals surface area contributed by atoms with Crippen molar-refractivity contribution >= 4 is 11.8 Å². The molecular formula is C14H20N2O2. The first-order chi connectivity index (χ1) is 8.47. The lowest BCUT2D eigenvalue weighted by Gasteiger charge is -2.16. The Labute approximate surface area is 107 Å². The van der Waals surface area contributed by atoms with Gasteiger partial charge in [-0.25, -0.2) is 9.78 Å². The second-order valence-corrected chi connectivity index (χ2v) is 5.37. The van der Waals surface area contributed by atoms with Crippen LogP contribution in [0.5, 0.6) is 0 Å². The minimum atomic E-state index is -0.909. The fraction of sp³-hybridized carbons (Fsp3) is 0.571. The summed E-state index contributed by atoms with van der Waals surface area (Å²) in [6.07, 6.45) is 3.38. The zero-order valence-electron chi connectivity index (χ0n) is 11.2. The molecule has 1 saturated carbocycles. The molecule has 4 nitrogen and oxygen atoms in total. The van der Waals surface area contributed by atoms with Crippen LogP contribution in [0.2, 0.25) is 0 Å². The molecule has 0 aromatic carbocycles. The van der Waals surface area contributed by atoms with E-state index >= 15 is 0 Å². The van der Waals surface area contributed by atoms with E-state index in [1.54, 1.807) is 0 Å². The van der Waals surface area contributed by atoms with Crippen LogP contribution in [0.1, 0.15) is 47.8 Å². The number of aryl methyl sites for hydroxylation is 2. The van der Waals surface area contributed by atoms with Gasteiger partial charge in [-0.3, -0.25) is 0 Å². The molecule has 98 valence electrons. The van der Waals surface area contributed by atoms with Crippen molar-refractivity contribution in [1.82, 2.24) is 4.98 Å². The molecular weight excluding hydrogens is 228 g/mol. The van der Waals surface area contributed by atoms with Gasteiger partial charge in [0.05, 0.1) is 0 Å². The molecule has 2 unspecified atom stereocenters. The molecule has 0 spiro atoms. The van der Waals surface area contributed by atoms with Crippen molar-refractivity contribution in [2.24, 2.45) is 5.92 Å². The maximum absolute atomic E-state index is 11.3. The lowest BCUT2D eigenvalue weighted by molar-refractivity contribution is 0.0697. The van der Waals surface area contributed by atoms with Crippen LogP contribution in [0.4, 0.5) is 5.82 Å². The van der Waals surface area contributed by atoms with Crippen LogP contribution in [-0.4, -0.2) is 22.1 Å². The molecule has 1 fully saturated rings. The van der Waals surface area contributed by atoms with Crippen LogP contribution in [0.15, 0.2) is 6.07 Å². The van der Waals surface area contributed by atoms with E-state index in [1.807, 2.05) is 19.9 Å². The Kier molecular flexibility index (Phi) is 3.55. The van der Waals surface area contributed by atoms with Crippen molar-refractivity contribution in [3.05, 3.63) is 22.9 Å². The Morgan fingerprint density at radius 3 is 2.72 bits per heavy atom. The first-order valence-electron chi connectivity index (χ1n) is 6.45. The molecule has 1 heterocycles. The van der Waals surface area contributed by atoms with E-state index < -0.39 is 5.97 Å². The Bertz CT molecular complexity index is 471. The number of carbonyl (C=O) groups is 1. The van der Waals surface area contributed by atoms with Crippen LogP contribution >= 0.6 is 0 Å². The maximum Gasteiger partial charge on any atom is 0.339 e. The predicted molar refractivity (Wildman–Crippen MR) is 71.1 cm³/mol. The van der Waals surface area contributed by atoms with Gasteiger partial charge in [-0.05, 0) is 50.7 Å². The van der Waals surface area contributed by atoms with Gasteiger partial charge in [0.15, 0.2) is 0 Å². The molecule has 0 aliphatic heterocycles. The van der Waals surface area contributed by atoms with E-state index in [0.29, 0.717) is 23.3 Å². The Hall–Kier alpha value is -1.58. The van der Waals surface area contributed by atoms with Crippen molar-refractivity contribution in [1.29, 1.82) is 0 Å². The molecule has 1 aromatic heterocycles. The van der Waals surface area contributed by atoms with Crippen LogP contribution in [0.3, 0.4) is 0 Å². The van der Waals surface area contributed by atoms with E-state index in [-0.39, 0.29) is 0 Å². The summed E-state index contributed by atoms with van der Waals surface area (Å²) >= 11 is 0. The van der Waals surface area contributed by atoms with Crippen LogP contribution in [-0.2, 0) is 0 Å². The number of pyridine rings is 1. The lowest BCUT2D eigenvalue weighted by atomic mass is 10.1. The average Bonchev–Trinajstić information content (AvgIpc) is 2.62. The zero-order chi connectivity index (χ0) is 13.3. The van der Waals surface area contributed by atoms with Gasteiger partial charge < -0.3 is 10.4 Å². The zero-order valence-corrected chi connectivity index (χ0v) is 11.2. The van der Waals surface area contributed by atoms with E-state index in [0.717, 1.165) is 24.1 Å². The Morgan fingerprint density at radius 1 is 1.44 bits per heavy atom. The third kappa shape index (κ3) is 2.63. The summed E-state index contributed by atoms with van der Waals surface area (Å²) in [6.45, 7) is 5.94. The minimum absolute atomic E-state index is 0.306. The van der Waals surface area contributed by atoms with Crippen molar-refractivity contribution in [2.75, 3.05) is 5.32 Å². The number of rotatable bonds is 3. The van der Waals surface area contributed by atoms with Gasteiger partial charge >= 0.3 is 5.97 Å². The summed E-state index contributed by atoms with van der Waals surface area (Å²) in [7, 11) is 0. The second-order valence-electron chi connectivity index (χ2n) is 5.37. The molecule has 0 saturated heterocycles. The van der Waals surface area contributed by atoms with Crippen molar-refractivity contribution in [3.8, 4) is 0 Å². The molecule has 4 heteroatoms. The molecule has 1 aliphatic carbocycles. The topological polar surface area (TPSA) is 62.2 Å². The Morgan fingerprint density at radius 2 is 2.17 bits per heavy atom. The Balaban J connectivity index is 2.28. The largest absolute Gasteiger partial charge is 0.478 e. The first kappa shape index (κ1) is 12.9. The molecule has 2 rings (SSSR count). The number of anilines is 1. The number of nitrogens with zero attached hydrogens (tertiary/aromatic N) is 1. The van der Waals surface area contributed by atoms with Gasteiger partial charge in [-0.1, -0.05) is 6.92 Å². The number of aromatic nitrogens is 1. The van der Waals surface area contributed by atoms with Gasteiger partial charge in [-0.2, -0.15) is 0 Å². The number of hydrogen-bond donors (Lipinski definition) is 2. The highest BCUT2D eigenvalue weighted by atomic mass is 16.4. The molecule has 1 aliphatic rings. The first-order valence-corrected chi connectivity index (χ1v) is 6.45. The molecule has 0 amide bonds. The molecule has 2 atom stereocenters. The normalized spacial score (nSPS) is 23.1. The lowest BCUT2D eigenvalue weighted by Crippen LogP contribution is -2.20. The highest BCUT2D eigenvalue weighted by Gasteiger charge is 2.24. The summed E-state index contributed by atoms with van der Waals surface area (Å²) in [5.74, 6) is 0.328. The molecule has 1 aromatic rings. The molecule has 18 heavy (non-hydrogen) atoms. The van der Waals surface area contributed by atoms with Gasteiger partial charge in [0.25, 0.3) is 0 Å². The van der Waals surface area contributed by atoms with Gasteiger partial charge in [0, 0.05) is 11.7 Å². The summed E-state index contributed by atoms with van der Waals surface area (Å²) < 4.78 is 0. The standard InChI is InChI=1S/C14H20N2O2/c1-8-4-5-11(6-8)16-13-12(14(17)18)9(2)7-10(3)15-13/h7-8,11H,4-6H2,1-3H3,(H,15,16)(H,17,18). The third-order valence-electron chi connectivity index (χ3n) is 3.59. The molecule has 0 bridgehead atoms. The number of hydrogen-bond acceptors (Lipinski definition) is 3. The number of aromatic carboxylic acids is 1. The molecule has 2 N–H and O–H groups in total. The van der Waals surface area contributed by atoms with Crippen molar-refractivity contribution in [2.45, 2.75) is 46.1 Å². The van der Waals surface area contributed by atoms with Crippen LogP contribution in [0, 0.1) is 19.8 Å². The third-order valence-corrected chi connectivity index (χ3v) is 3.59. The monoisotopic (exact) mass is 248 g/mol.